The lowest BCUT2D eigenvalue weighted by Gasteiger charge is -2.11. The molecule has 29 heavy (non-hydrogen) atoms. The summed E-state index contributed by atoms with van der Waals surface area (Å²) in [4.78, 5) is 20.2. The van der Waals surface area contributed by atoms with Crippen LogP contribution in [0.2, 0.25) is 0 Å². The minimum Gasteiger partial charge on any atom is -0.487 e. The molecule has 0 aliphatic carbocycles. The number of hydrogen-bond donors (Lipinski definition) is 0. The van der Waals surface area contributed by atoms with E-state index in [0.29, 0.717) is 28.8 Å². The average molecular weight is 392 g/mol. The number of pyridine rings is 1. The molecule has 0 saturated heterocycles. The molecule has 7 heteroatoms. The van der Waals surface area contributed by atoms with Crippen LogP contribution in [-0.2, 0) is 9.63 Å². The molecule has 0 spiro atoms. The Labute approximate surface area is 168 Å². The van der Waals surface area contributed by atoms with Crippen molar-refractivity contribution in [1.82, 2.24) is 4.98 Å². The van der Waals surface area contributed by atoms with E-state index in [4.69, 9.17) is 19.0 Å². The lowest BCUT2D eigenvalue weighted by molar-refractivity contribution is -0.131. The van der Waals surface area contributed by atoms with Crippen LogP contribution >= 0.6 is 0 Å². The van der Waals surface area contributed by atoms with Gasteiger partial charge in [0.05, 0.1) is 0 Å². The first-order valence-corrected chi connectivity index (χ1v) is 8.84. The van der Waals surface area contributed by atoms with Crippen molar-refractivity contribution < 1.29 is 23.8 Å². The quantitative estimate of drug-likeness (QED) is 0.247. The molecule has 0 radical (unpaired) electrons. The molecule has 0 aliphatic heterocycles. The molecular formula is C22H20N2O5. The molecule has 0 saturated carbocycles. The fourth-order valence-corrected chi connectivity index (χ4v) is 2.49. The van der Waals surface area contributed by atoms with E-state index in [1.807, 2.05) is 36.4 Å². The van der Waals surface area contributed by atoms with Gasteiger partial charge in [0, 0.05) is 30.8 Å². The molecule has 0 atom stereocenters. The number of nitrogens with zero attached hydrogens (tertiary/aromatic N) is 2. The SMILES string of the molecule is CO/N=C(\COc1cccc(OC(C)=O)c1)c1cccc(Oc2ccccn2)c1. The summed E-state index contributed by atoms with van der Waals surface area (Å²) in [6, 6.07) is 19.6. The smallest absolute Gasteiger partial charge is 0.308 e. The van der Waals surface area contributed by atoms with Gasteiger partial charge in [-0.15, -0.1) is 0 Å². The molecule has 0 bridgehead atoms. The summed E-state index contributed by atoms with van der Waals surface area (Å²) in [6.07, 6.45) is 1.66. The highest BCUT2D eigenvalue weighted by Crippen LogP contribution is 2.22. The van der Waals surface area contributed by atoms with Crippen LogP contribution in [0.3, 0.4) is 0 Å². The number of carbonyl (C=O) groups excluding carboxylic acids is 1. The Kier molecular flexibility index (Phi) is 6.78. The number of ether oxygens (including phenoxy) is 3. The number of carbonyl (C=O) groups is 1. The topological polar surface area (TPSA) is 79.2 Å². The van der Waals surface area contributed by atoms with Gasteiger partial charge >= 0.3 is 5.97 Å². The van der Waals surface area contributed by atoms with Crippen LogP contribution in [-0.4, -0.2) is 30.4 Å². The Morgan fingerprint density at radius 3 is 2.52 bits per heavy atom. The van der Waals surface area contributed by atoms with E-state index < -0.39 is 5.97 Å². The zero-order chi connectivity index (χ0) is 20.5. The average Bonchev–Trinajstić information content (AvgIpc) is 2.72. The van der Waals surface area contributed by atoms with Crippen molar-refractivity contribution in [3.63, 3.8) is 0 Å². The molecule has 1 heterocycles. The van der Waals surface area contributed by atoms with Crippen molar-refractivity contribution in [1.29, 1.82) is 0 Å². The maximum Gasteiger partial charge on any atom is 0.308 e. The van der Waals surface area contributed by atoms with Crippen LogP contribution < -0.4 is 14.2 Å². The van der Waals surface area contributed by atoms with Crippen LogP contribution in [0.1, 0.15) is 12.5 Å². The van der Waals surface area contributed by atoms with Crippen LogP contribution in [0, 0.1) is 0 Å². The van der Waals surface area contributed by atoms with Crippen molar-refractivity contribution in [2.24, 2.45) is 5.16 Å². The van der Waals surface area contributed by atoms with E-state index in [9.17, 15) is 4.79 Å². The van der Waals surface area contributed by atoms with Gasteiger partial charge in [-0.3, -0.25) is 4.79 Å². The van der Waals surface area contributed by atoms with Crippen molar-refractivity contribution >= 4 is 11.7 Å². The fraction of sp³-hybridized carbons (Fsp3) is 0.136. The lowest BCUT2D eigenvalue weighted by atomic mass is 10.1. The molecule has 7 nitrogen and oxygen atoms in total. The molecule has 3 rings (SSSR count). The molecule has 0 amide bonds. The monoisotopic (exact) mass is 392 g/mol. The molecule has 0 fully saturated rings. The first kappa shape index (κ1) is 19.9. The van der Waals surface area contributed by atoms with Gasteiger partial charge in [0.2, 0.25) is 5.88 Å². The number of oxime groups is 1. The van der Waals surface area contributed by atoms with Gasteiger partial charge < -0.3 is 19.0 Å². The Morgan fingerprint density at radius 1 is 0.966 bits per heavy atom. The van der Waals surface area contributed by atoms with E-state index in [1.165, 1.54) is 14.0 Å². The number of aromatic nitrogens is 1. The summed E-state index contributed by atoms with van der Waals surface area (Å²) >= 11 is 0. The van der Waals surface area contributed by atoms with E-state index in [2.05, 4.69) is 10.1 Å². The van der Waals surface area contributed by atoms with Crippen molar-refractivity contribution in [3.05, 3.63) is 78.5 Å². The third-order valence-corrected chi connectivity index (χ3v) is 3.67. The number of rotatable bonds is 8. The molecule has 1 aromatic heterocycles. The molecule has 0 aliphatic rings. The summed E-state index contributed by atoms with van der Waals surface area (Å²) in [5, 5.41) is 4.06. The van der Waals surface area contributed by atoms with Gasteiger partial charge in [-0.1, -0.05) is 29.4 Å². The minimum absolute atomic E-state index is 0.143. The Hall–Kier alpha value is -3.87. The summed E-state index contributed by atoms with van der Waals surface area (Å²) in [6.45, 7) is 1.49. The standard InChI is InChI=1S/C22H20N2O5/c1-16(25)28-20-10-6-8-18(14-20)27-15-21(24-26-2)17-7-5-9-19(13-17)29-22-11-3-4-12-23-22/h3-14H,15H2,1-2H3/b24-21+. The number of hydrogen-bond acceptors (Lipinski definition) is 7. The lowest BCUT2D eigenvalue weighted by Crippen LogP contribution is -2.13. The largest absolute Gasteiger partial charge is 0.487 e. The van der Waals surface area contributed by atoms with Crippen LogP contribution in [0.15, 0.2) is 78.1 Å². The molecule has 0 N–H and O–H groups in total. The zero-order valence-electron chi connectivity index (χ0n) is 16.1. The van der Waals surface area contributed by atoms with Gasteiger partial charge in [-0.25, -0.2) is 4.98 Å². The normalized spacial score (nSPS) is 10.9. The van der Waals surface area contributed by atoms with Crippen LogP contribution in [0.4, 0.5) is 0 Å². The van der Waals surface area contributed by atoms with Gasteiger partial charge in [-0.05, 0) is 30.3 Å². The molecule has 2 aromatic carbocycles. The third-order valence-electron chi connectivity index (χ3n) is 3.67. The molecule has 148 valence electrons. The predicted molar refractivity (Wildman–Crippen MR) is 108 cm³/mol. The van der Waals surface area contributed by atoms with E-state index >= 15 is 0 Å². The summed E-state index contributed by atoms with van der Waals surface area (Å²) < 4.78 is 16.6. The minimum atomic E-state index is -0.395. The first-order chi connectivity index (χ1) is 14.1. The highest BCUT2D eigenvalue weighted by atomic mass is 16.6. The second-order valence-electron chi connectivity index (χ2n) is 5.88. The molecular weight excluding hydrogens is 372 g/mol. The van der Waals surface area contributed by atoms with Crippen molar-refractivity contribution in [2.75, 3.05) is 13.7 Å². The third kappa shape index (κ3) is 6.07. The van der Waals surface area contributed by atoms with E-state index in [0.717, 1.165) is 5.56 Å². The highest BCUT2D eigenvalue weighted by Gasteiger charge is 2.09. The van der Waals surface area contributed by atoms with Crippen molar-refractivity contribution in [2.45, 2.75) is 6.92 Å². The second-order valence-corrected chi connectivity index (χ2v) is 5.88. The van der Waals surface area contributed by atoms with E-state index in [1.54, 1.807) is 36.5 Å². The molecule has 3 aromatic rings. The Bertz CT molecular complexity index is 989. The number of esters is 1. The summed E-state index contributed by atoms with van der Waals surface area (Å²) in [5.41, 5.74) is 1.34. The Morgan fingerprint density at radius 2 is 1.76 bits per heavy atom. The van der Waals surface area contributed by atoms with E-state index in [-0.39, 0.29) is 6.61 Å². The van der Waals surface area contributed by atoms with Gasteiger partial charge in [0.25, 0.3) is 0 Å². The summed E-state index contributed by atoms with van der Waals surface area (Å²) in [7, 11) is 1.47. The van der Waals surface area contributed by atoms with Gasteiger partial charge in [0.15, 0.2) is 0 Å². The number of benzene rings is 2. The highest BCUT2D eigenvalue weighted by molar-refractivity contribution is 6.01. The van der Waals surface area contributed by atoms with Crippen LogP contribution in [0.5, 0.6) is 23.1 Å². The predicted octanol–water partition coefficient (Wildman–Crippen LogP) is 4.23. The fourth-order valence-electron chi connectivity index (χ4n) is 2.49. The summed E-state index contributed by atoms with van der Waals surface area (Å²) in [5.74, 6) is 1.66. The maximum atomic E-state index is 11.1. The Balaban J connectivity index is 1.72. The zero-order valence-corrected chi connectivity index (χ0v) is 16.1. The van der Waals surface area contributed by atoms with Crippen molar-refractivity contribution in [3.8, 4) is 23.1 Å². The van der Waals surface area contributed by atoms with Gasteiger partial charge in [-0.2, -0.15) is 0 Å². The second kappa shape index (κ2) is 9.89. The van der Waals surface area contributed by atoms with Crippen LogP contribution in [0.25, 0.3) is 0 Å². The van der Waals surface area contributed by atoms with Gasteiger partial charge in [0.1, 0.15) is 36.7 Å². The molecule has 0 unspecified atom stereocenters. The maximum absolute atomic E-state index is 11.1. The first-order valence-electron chi connectivity index (χ1n) is 8.84.